The predicted molar refractivity (Wildman–Crippen MR) is 75.6 cm³/mol. The van der Waals surface area contributed by atoms with Gasteiger partial charge < -0.3 is 5.73 Å². The van der Waals surface area contributed by atoms with Gasteiger partial charge in [0.05, 0.1) is 11.4 Å². The summed E-state index contributed by atoms with van der Waals surface area (Å²) in [7, 11) is 1.99. The van der Waals surface area contributed by atoms with Crippen LogP contribution < -0.4 is 5.73 Å². The Hall–Kier alpha value is -1.61. The Morgan fingerprint density at radius 2 is 1.89 bits per heavy atom. The van der Waals surface area contributed by atoms with Crippen molar-refractivity contribution in [2.24, 2.45) is 12.8 Å². The minimum absolute atomic E-state index is 0.641. The van der Waals surface area contributed by atoms with Gasteiger partial charge in [0.25, 0.3) is 0 Å². The van der Waals surface area contributed by atoms with Crippen LogP contribution >= 0.6 is 0 Å². The lowest BCUT2D eigenvalue weighted by Gasteiger charge is -2.11. The summed E-state index contributed by atoms with van der Waals surface area (Å²) in [6, 6.07) is 6.50. The maximum absolute atomic E-state index is 5.58. The van der Waals surface area contributed by atoms with Crippen LogP contribution in [0.15, 0.2) is 18.2 Å². The lowest BCUT2D eigenvalue weighted by Crippen LogP contribution is -2.03. The second-order valence-corrected chi connectivity index (χ2v) is 4.86. The average Bonchev–Trinajstić information content (AvgIpc) is 2.68. The Morgan fingerprint density at radius 3 is 2.56 bits per heavy atom. The van der Waals surface area contributed by atoms with Crippen molar-refractivity contribution in [2.45, 2.75) is 27.2 Å². The van der Waals surface area contributed by atoms with Gasteiger partial charge in [-0.1, -0.05) is 12.1 Å². The highest BCUT2D eigenvalue weighted by Crippen LogP contribution is 2.27. The number of aryl methyl sites for hydroxylation is 2. The number of hydrogen-bond acceptors (Lipinski definition) is 2. The second-order valence-electron chi connectivity index (χ2n) is 4.86. The van der Waals surface area contributed by atoms with Gasteiger partial charge in [0.15, 0.2) is 0 Å². The van der Waals surface area contributed by atoms with Crippen LogP contribution in [0, 0.1) is 20.8 Å². The van der Waals surface area contributed by atoms with E-state index in [1.165, 1.54) is 27.9 Å². The number of benzene rings is 1. The zero-order valence-electron chi connectivity index (χ0n) is 11.6. The molecule has 0 spiro atoms. The van der Waals surface area contributed by atoms with E-state index >= 15 is 0 Å². The summed E-state index contributed by atoms with van der Waals surface area (Å²) in [5.41, 5.74) is 13.1. The summed E-state index contributed by atoms with van der Waals surface area (Å²) in [6.07, 6.45) is 0.831. The van der Waals surface area contributed by atoms with E-state index < -0.39 is 0 Å². The first-order valence-electron chi connectivity index (χ1n) is 6.34. The molecule has 0 aliphatic rings. The molecule has 1 aromatic carbocycles. The lowest BCUT2D eigenvalue weighted by molar-refractivity contribution is 0.745. The molecule has 0 aliphatic heterocycles. The molecule has 0 unspecified atom stereocenters. The molecule has 2 N–H and O–H groups in total. The van der Waals surface area contributed by atoms with E-state index in [0.717, 1.165) is 12.1 Å². The molecule has 0 bridgehead atoms. The summed E-state index contributed by atoms with van der Waals surface area (Å²) in [6.45, 7) is 7.14. The van der Waals surface area contributed by atoms with Crippen LogP contribution in [-0.2, 0) is 13.5 Å². The van der Waals surface area contributed by atoms with Crippen molar-refractivity contribution >= 4 is 0 Å². The van der Waals surface area contributed by atoms with Gasteiger partial charge in [0.2, 0.25) is 0 Å². The minimum atomic E-state index is 0.641. The van der Waals surface area contributed by atoms with Gasteiger partial charge >= 0.3 is 0 Å². The topological polar surface area (TPSA) is 43.8 Å². The lowest BCUT2D eigenvalue weighted by atomic mass is 9.97. The smallest absolute Gasteiger partial charge is 0.0684 e. The standard InChI is InChI=1S/C15H21N3/c1-10-5-6-14(12(3)11(10)2)15-9-13(7-8-16)17-18(15)4/h5-6,9H,7-8,16H2,1-4H3. The van der Waals surface area contributed by atoms with Gasteiger partial charge in [-0.05, 0) is 50.1 Å². The molecule has 0 fully saturated rings. The van der Waals surface area contributed by atoms with Gasteiger partial charge in [-0.15, -0.1) is 0 Å². The van der Waals surface area contributed by atoms with E-state index in [1.807, 2.05) is 11.7 Å². The first-order chi connectivity index (χ1) is 8.54. The Labute approximate surface area is 109 Å². The van der Waals surface area contributed by atoms with Crippen LogP contribution in [0.2, 0.25) is 0 Å². The zero-order chi connectivity index (χ0) is 13.3. The van der Waals surface area contributed by atoms with Crippen LogP contribution in [-0.4, -0.2) is 16.3 Å². The molecular weight excluding hydrogens is 222 g/mol. The molecule has 0 saturated carbocycles. The summed E-state index contributed by atoms with van der Waals surface area (Å²) in [5, 5.41) is 4.51. The van der Waals surface area contributed by atoms with Crippen LogP contribution in [0.3, 0.4) is 0 Å². The second kappa shape index (κ2) is 4.94. The first kappa shape index (κ1) is 12.8. The van der Waals surface area contributed by atoms with E-state index in [2.05, 4.69) is 44.1 Å². The third kappa shape index (κ3) is 2.18. The molecule has 2 rings (SSSR count). The summed E-state index contributed by atoms with van der Waals surface area (Å²) in [4.78, 5) is 0. The molecular formula is C15H21N3. The summed E-state index contributed by atoms with van der Waals surface area (Å²) < 4.78 is 1.95. The van der Waals surface area contributed by atoms with Crippen molar-refractivity contribution in [3.05, 3.63) is 40.6 Å². The fourth-order valence-corrected chi connectivity index (χ4v) is 2.28. The molecule has 0 atom stereocenters. The molecule has 0 radical (unpaired) electrons. The number of hydrogen-bond donors (Lipinski definition) is 1. The van der Waals surface area contributed by atoms with Crippen molar-refractivity contribution in [1.82, 2.24) is 9.78 Å². The maximum atomic E-state index is 5.58. The van der Waals surface area contributed by atoms with Gasteiger partial charge in [0, 0.05) is 19.0 Å². The highest BCUT2D eigenvalue weighted by atomic mass is 15.3. The molecule has 0 saturated heterocycles. The molecule has 3 nitrogen and oxygen atoms in total. The maximum Gasteiger partial charge on any atom is 0.0684 e. The molecule has 1 aromatic heterocycles. The number of nitrogens with zero attached hydrogens (tertiary/aromatic N) is 2. The molecule has 0 aliphatic carbocycles. The Bertz CT molecular complexity index is 567. The molecule has 96 valence electrons. The molecule has 0 amide bonds. The fourth-order valence-electron chi connectivity index (χ4n) is 2.28. The van der Waals surface area contributed by atoms with E-state index in [-0.39, 0.29) is 0 Å². The zero-order valence-corrected chi connectivity index (χ0v) is 11.6. The largest absolute Gasteiger partial charge is 0.330 e. The first-order valence-corrected chi connectivity index (χ1v) is 6.34. The van der Waals surface area contributed by atoms with Crippen molar-refractivity contribution < 1.29 is 0 Å². The van der Waals surface area contributed by atoms with E-state index in [1.54, 1.807) is 0 Å². The molecule has 3 heteroatoms. The van der Waals surface area contributed by atoms with Crippen LogP contribution in [0.5, 0.6) is 0 Å². The van der Waals surface area contributed by atoms with Crippen LogP contribution in [0.1, 0.15) is 22.4 Å². The third-order valence-electron chi connectivity index (χ3n) is 3.66. The predicted octanol–water partition coefficient (Wildman–Crippen LogP) is 2.51. The molecule has 1 heterocycles. The van der Waals surface area contributed by atoms with Crippen molar-refractivity contribution in [3.63, 3.8) is 0 Å². The Morgan fingerprint density at radius 1 is 1.17 bits per heavy atom. The van der Waals surface area contributed by atoms with E-state index in [4.69, 9.17) is 5.73 Å². The normalized spacial score (nSPS) is 10.9. The van der Waals surface area contributed by atoms with Gasteiger partial charge in [0.1, 0.15) is 0 Å². The van der Waals surface area contributed by atoms with Crippen molar-refractivity contribution in [3.8, 4) is 11.3 Å². The SMILES string of the molecule is Cc1ccc(-c2cc(CCN)nn2C)c(C)c1C. The van der Waals surface area contributed by atoms with Gasteiger partial charge in [-0.2, -0.15) is 5.10 Å². The van der Waals surface area contributed by atoms with Crippen molar-refractivity contribution in [1.29, 1.82) is 0 Å². The highest BCUT2D eigenvalue weighted by molar-refractivity contribution is 5.66. The Balaban J connectivity index is 2.52. The summed E-state index contributed by atoms with van der Waals surface area (Å²) >= 11 is 0. The van der Waals surface area contributed by atoms with E-state index in [0.29, 0.717) is 6.54 Å². The number of nitrogens with two attached hydrogens (primary N) is 1. The average molecular weight is 243 g/mol. The third-order valence-corrected chi connectivity index (χ3v) is 3.66. The quantitative estimate of drug-likeness (QED) is 0.900. The van der Waals surface area contributed by atoms with Gasteiger partial charge in [-0.25, -0.2) is 0 Å². The Kier molecular flexibility index (Phi) is 3.53. The van der Waals surface area contributed by atoms with E-state index in [9.17, 15) is 0 Å². The molecule has 18 heavy (non-hydrogen) atoms. The highest BCUT2D eigenvalue weighted by Gasteiger charge is 2.11. The monoisotopic (exact) mass is 243 g/mol. The fraction of sp³-hybridized carbons (Fsp3) is 0.400. The summed E-state index contributed by atoms with van der Waals surface area (Å²) in [5.74, 6) is 0. The van der Waals surface area contributed by atoms with Gasteiger partial charge in [-0.3, -0.25) is 4.68 Å². The molecule has 2 aromatic rings. The minimum Gasteiger partial charge on any atom is -0.330 e. The van der Waals surface area contributed by atoms with Crippen LogP contribution in [0.25, 0.3) is 11.3 Å². The van der Waals surface area contributed by atoms with Crippen molar-refractivity contribution in [2.75, 3.05) is 6.54 Å². The number of aromatic nitrogens is 2. The van der Waals surface area contributed by atoms with Crippen LogP contribution in [0.4, 0.5) is 0 Å². The number of rotatable bonds is 3.